The molecule has 0 bridgehead atoms. The third-order valence-electron chi connectivity index (χ3n) is 2.64. The molecular weight excluding hydrogens is 249 g/mol. The van der Waals surface area contributed by atoms with Crippen molar-refractivity contribution in [2.24, 2.45) is 0 Å². The highest BCUT2D eigenvalue weighted by molar-refractivity contribution is 5.98. The second-order valence-electron chi connectivity index (χ2n) is 3.89. The molecule has 0 spiro atoms. The predicted octanol–water partition coefficient (Wildman–Crippen LogP) is 1.92. The molecule has 1 aromatic rings. The fraction of sp³-hybridized carbons (Fsp3) is 0.250. The van der Waals surface area contributed by atoms with Gasteiger partial charge in [-0.05, 0) is 5.56 Å². The van der Waals surface area contributed by atoms with Crippen LogP contribution in [0.5, 0.6) is 0 Å². The van der Waals surface area contributed by atoms with E-state index < -0.39 is 29.9 Å². The highest BCUT2D eigenvalue weighted by atomic mass is 19.4. The molecule has 0 radical (unpaired) electrons. The van der Waals surface area contributed by atoms with Gasteiger partial charge in [0, 0.05) is 6.08 Å². The van der Waals surface area contributed by atoms with E-state index in [4.69, 9.17) is 0 Å². The Balaban J connectivity index is 2.36. The van der Waals surface area contributed by atoms with Crippen molar-refractivity contribution in [2.75, 3.05) is 6.61 Å². The molecule has 2 rings (SSSR count). The average Bonchev–Trinajstić information content (AvgIpc) is 2.32. The number of allylic oxidation sites excluding steroid dienone is 1. The molecule has 1 heterocycles. The van der Waals surface area contributed by atoms with Crippen molar-refractivity contribution in [3.8, 4) is 0 Å². The predicted molar refractivity (Wildman–Crippen MR) is 55.4 cm³/mol. The van der Waals surface area contributed by atoms with Crippen LogP contribution >= 0.6 is 0 Å². The summed E-state index contributed by atoms with van der Waals surface area (Å²) in [7, 11) is 0. The Kier molecular flexibility index (Phi) is 2.90. The van der Waals surface area contributed by atoms with Crippen molar-refractivity contribution in [1.82, 2.24) is 0 Å². The molecule has 0 saturated heterocycles. The minimum atomic E-state index is -4.73. The van der Waals surface area contributed by atoms with Gasteiger partial charge in [0.25, 0.3) is 0 Å². The van der Waals surface area contributed by atoms with Gasteiger partial charge in [0.2, 0.25) is 5.76 Å². The summed E-state index contributed by atoms with van der Waals surface area (Å²) in [6.45, 7) is -0.749. The zero-order valence-electron chi connectivity index (χ0n) is 9.07. The van der Waals surface area contributed by atoms with Crippen LogP contribution < -0.4 is 0 Å². The number of alkyl halides is 3. The van der Waals surface area contributed by atoms with Gasteiger partial charge in [-0.2, -0.15) is 13.2 Å². The molecule has 1 aliphatic heterocycles. The van der Waals surface area contributed by atoms with E-state index in [1.54, 1.807) is 18.2 Å². The van der Waals surface area contributed by atoms with Crippen molar-refractivity contribution in [2.45, 2.75) is 11.8 Å². The van der Waals surface area contributed by atoms with Gasteiger partial charge >= 0.3 is 6.18 Å². The molecule has 0 amide bonds. The molecule has 1 aromatic carbocycles. The van der Waals surface area contributed by atoms with Crippen molar-refractivity contribution in [3.63, 3.8) is 0 Å². The molecule has 0 saturated carbocycles. The van der Waals surface area contributed by atoms with Crippen molar-refractivity contribution < 1.29 is 27.8 Å². The molecule has 0 aliphatic carbocycles. The van der Waals surface area contributed by atoms with Gasteiger partial charge in [-0.1, -0.05) is 30.3 Å². The van der Waals surface area contributed by atoms with Gasteiger partial charge < -0.3 is 9.84 Å². The third-order valence-corrected chi connectivity index (χ3v) is 2.64. The summed E-state index contributed by atoms with van der Waals surface area (Å²) < 4.78 is 41.5. The zero-order valence-corrected chi connectivity index (χ0v) is 9.07. The Morgan fingerprint density at radius 2 is 1.83 bits per heavy atom. The molecule has 96 valence electrons. The standard InChI is InChI=1S/C12H9F3O3/c13-12(14,15)10-6-9(16)11(17,7-18-10)8-4-2-1-3-5-8/h1-6,17H,7H2. The molecule has 0 aromatic heterocycles. The lowest BCUT2D eigenvalue weighted by Gasteiger charge is -2.30. The maximum Gasteiger partial charge on any atom is 0.449 e. The Labute approximate surface area is 100 Å². The van der Waals surface area contributed by atoms with E-state index in [0.717, 1.165) is 0 Å². The van der Waals surface area contributed by atoms with Crippen LogP contribution in [0.3, 0.4) is 0 Å². The van der Waals surface area contributed by atoms with Gasteiger partial charge in [0.1, 0.15) is 6.61 Å². The highest BCUT2D eigenvalue weighted by Gasteiger charge is 2.47. The van der Waals surface area contributed by atoms with Crippen LogP contribution in [0, 0.1) is 0 Å². The normalized spacial score (nSPS) is 24.4. The van der Waals surface area contributed by atoms with Crippen LogP contribution in [0.25, 0.3) is 0 Å². The number of carbonyl (C=O) groups is 1. The van der Waals surface area contributed by atoms with Crippen LogP contribution in [0.15, 0.2) is 42.2 Å². The molecule has 1 unspecified atom stereocenters. The van der Waals surface area contributed by atoms with Gasteiger partial charge in [0.05, 0.1) is 0 Å². The van der Waals surface area contributed by atoms with Crippen molar-refractivity contribution in [3.05, 3.63) is 47.7 Å². The first-order valence-corrected chi connectivity index (χ1v) is 5.08. The topological polar surface area (TPSA) is 46.5 Å². The van der Waals surface area contributed by atoms with E-state index in [2.05, 4.69) is 4.74 Å². The highest BCUT2D eigenvalue weighted by Crippen LogP contribution is 2.34. The third kappa shape index (κ3) is 2.11. The van der Waals surface area contributed by atoms with Crippen LogP contribution in [-0.2, 0) is 15.1 Å². The van der Waals surface area contributed by atoms with E-state index in [9.17, 15) is 23.1 Å². The molecule has 18 heavy (non-hydrogen) atoms. The zero-order chi connectivity index (χ0) is 13.4. The maximum atomic E-state index is 12.3. The summed E-state index contributed by atoms with van der Waals surface area (Å²) in [6, 6.07) is 7.71. The monoisotopic (exact) mass is 258 g/mol. The van der Waals surface area contributed by atoms with Crippen molar-refractivity contribution >= 4 is 5.78 Å². The van der Waals surface area contributed by atoms with Gasteiger partial charge in [-0.15, -0.1) is 0 Å². The van der Waals surface area contributed by atoms with Crippen LogP contribution in [0.4, 0.5) is 13.2 Å². The number of aliphatic hydroxyl groups is 1. The van der Waals surface area contributed by atoms with E-state index in [-0.39, 0.29) is 11.6 Å². The minimum Gasteiger partial charge on any atom is -0.485 e. The second-order valence-corrected chi connectivity index (χ2v) is 3.89. The SMILES string of the molecule is O=C1C=C(C(F)(F)F)OCC1(O)c1ccccc1. The van der Waals surface area contributed by atoms with Crippen LogP contribution in [0.2, 0.25) is 0 Å². The summed E-state index contributed by atoms with van der Waals surface area (Å²) in [5.41, 5.74) is -1.86. The van der Waals surface area contributed by atoms with E-state index in [1.807, 2.05) is 0 Å². The van der Waals surface area contributed by atoms with Gasteiger partial charge in [0.15, 0.2) is 11.4 Å². The van der Waals surface area contributed by atoms with Gasteiger partial charge in [-0.3, -0.25) is 4.79 Å². The van der Waals surface area contributed by atoms with E-state index in [1.165, 1.54) is 12.1 Å². The maximum absolute atomic E-state index is 12.3. The summed E-state index contributed by atoms with van der Waals surface area (Å²) in [5, 5.41) is 10.1. The van der Waals surface area contributed by atoms with Crippen LogP contribution in [-0.4, -0.2) is 23.7 Å². The van der Waals surface area contributed by atoms with Gasteiger partial charge in [-0.25, -0.2) is 0 Å². The molecule has 6 heteroatoms. The van der Waals surface area contributed by atoms with E-state index in [0.29, 0.717) is 0 Å². The molecule has 0 fully saturated rings. The van der Waals surface area contributed by atoms with E-state index >= 15 is 0 Å². The van der Waals surface area contributed by atoms with Crippen molar-refractivity contribution in [1.29, 1.82) is 0 Å². The Morgan fingerprint density at radius 3 is 2.33 bits per heavy atom. The number of benzene rings is 1. The molecule has 1 N–H and O–H groups in total. The fourth-order valence-corrected chi connectivity index (χ4v) is 1.64. The molecule has 1 atom stereocenters. The lowest BCUT2D eigenvalue weighted by Crippen LogP contribution is -2.43. The largest absolute Gasteiger partial charge is 0.485 e. The Bertz CT molecular complexity index is 493. The number of ether oxygens (including phenoxy) is 1. The lowest BCUT2D eigenvalue weighted by molar-refractivity contribution is -0.164. The molecule has 3 nitrogen and oxygen atoms in total. The number of ketones is 1. The Hall–Kier alpha value is -1.82. The summed E-state index contributed by atoms with van der Waals surface area (Å²) in [5.74, 6) is -2.42. The fourth-order valence-electron chi connectivity index (χ4n) is 1.64. The molecule has 1 aliphatic rings. The molecular formula is C12H9F3O3. The summed E-state index contributed by atoms with van der Waals surface area (Å²) >= 11 is 0. The number of halogens is 3. The summed E-state index contributed by atoms with van der Waals surface area (Å²) in [6.07, 6.45) is -4.44. The summed E-state index contributed by atoms with van der Waals surface area (Å²) in [4.78, 5) is 11.7. The Morgan fingerprint density at radius 1 is 1.22 bits per heavy atom. The number of hydrogen-bond acceptors (Lipinski definition) is 3. The number of hydrogen-bond donors (Lipinski definition) is 1. The first kappa shape index (κ1) is 12.6. The smallest absolute Gasteiger partial charge is 0.449 e. The second kappa shape index (κ2) is 4.13. The average molecular weight is 258 g/mol. The quantitative estimate of drug-likeness (QED) is 0.837. The number of carbonyl (C=O) groups excluding carboxylic acids is 1. The first-order valence-electron chi connectivity index (χ1n) is 5.08. The lowest BCUT2D eigenvalue weighted by atomic mass is 9.88. The number of rotatable bonds is 1. The minimum absolute atomic E-state index is 0.201. The first-order chi connectivity index (χ1) is 8.34. The van der Waals surface area contributed by atoms with Crippen LogP contribution in [0.1, 0.15) is 5.56 Å².